The van der Waals surface area contributed by atoms with E-state index in [4.69, 9.17) is 4.74 Å². The van der Waals surface area contributed by atoms with Gasteiger partial charge in [-0.1, -0.05) is 37.6 Å². The Kier molecular flexibility index (Phi) is 4.09. The largest absolute Gasteiger partial charge is 0.493 e. The number of aryl methyl sites for hydroxylation is 1. The third-order valence-corrected chi connectivity index (χ3v) is 4.03. The molecular formula is C18H19NO3. The summed E-state index contributed by atoms with van der Waals surface area (Å²) in [6.45, 7) is 2.71. The van der Waals surface area contributed by atoms with Gasteiger partial charge in [0.2, 0.25) is 0 Å². The number of hydrogen-bond donors (Lipinski definition) is 1. The molecule has 22 heavy (non-hydrogen) atoms. The van der Waals surface area contributed by atoms with Crippen molar-refractivity contribution >= 4 is 17.6 Å². The highest BCUT2D eigenvalue weighted by Gasteiger charge is 2.30. The molecule has 3 rings (SSSR count). The zero-order valence-electron chi connectivity index (χ0n) is 12.6. The molecule has 4 heteroatoms. The molecule has 0 unspecified atom stereocenters. The molecule has 2 aliphatic rings. The number of rotatable bonds is 4. The highest BCUT2D eigenvalue weighted by Crippen LogP contribution is 2.30. The summed E-state index contributed by atoms with van der Waals surface area (Å²) in [5.41, 5.74) is 3.17. The van der Waals surface area contributed by atoms with Gasteiger partial charge in [0.15, 0.2) is 0 Å². The van der Waals surface area contributed by atoms with Crippen LogP contribution in [0.3, 0.4) is 0 Å². The standard InChI is InChI=1S/C18H19NO3/c1-2-3-10-22-16-11-15-14(17(20)19-18(15)21)9-8-12-6-4-5-7-13(12)16/h4-7,11H,2-3,8-10H2,1H3,(H,19,20,21)/b16-11+. The van der Waals surface area contributed by atoms with E-state index in [1.165, 1.54) is 0 Å². The van der Waals surface area contributed by atoms with Crippen LogP contribution in [-0.4, -0.2) is 18.4 Å². The summed E-state index contributed by atoms with van der Waals surface area (Å²) in [5.74, 6) is 0.0839. The molecular weight excluding hydrogens is 278 g/mol. The number of hydrogen-bond acceptors (Lipinski definition) is 3. The number of unbranched alkanes of at least 4 members (excludes halogenated alkanes) is 1. The average molecular weight is 297 g/mol. The summed E-state index contributed by atoms with van der Waals surface area (Å²) < 4.78 is 5.91. The topological polar surface area (TPSA) is 55.4 Å². The lowest BCUT2D eigenvalue weighted by atomic mass is 9.93. The summed E-state index contributed by atoms with van der Waals surface area (Å²) in [6.07, 6.45) is 5.02. The average Bonchev–Trinajstić information content (AvgIpc) is 2.76. The van der Waals surface area contributed by atoms with Crippen molar-refractivity contribution < 1.29 is 14.3 Å². The molecule has 0 aromatic heterocycles. The molecule has 0 radical (unpaired) electrons. The molecule has 4 nitrogen and oxygen atoms in total. The maximum atomic E-state index is 12.0. The zero-order chi connectivity index (χ0) is 15.5. The van der Waals surface area contributed by atoms with Gasteiger partial charge in [0.25, 0.3) is 11.8 Å². The molecule has 0 fully saturated rings. The smallest absolute Gasteiger partial charge is 0.258 e. The highest BCUT2D eigenvalue weighted by molar-refractivity contribution is 6.21. The number of nitrogens with one attached hydrogen (secondary N) is 1. The van der Waals surface area contributed by atoms with E-state index in [9.17, 15) is 9.59 Å². The van der Waals surface area contributed by atoms with Crippen LogP contribution in [0, 0.1) is 0 Å². The first-order valence-electron chi connectivity index (χ1n) is 7.72. The van der Waals surface area contributed by atoms with Crippen LogP contribution in [0.1, 0.15) is 37.3 Å². The maximum Gasteiger partial charge on any atom is 0.258 e. The molecule has 1 aromatic rings. The minimum absolute atomic E-state index is 0.275. The maximum absolute atomic E-state index is 12.0. The van der Waals surface area contributed by atoms with E-state index >= 15 is 0 Å². The van der Waals surface area contributed by atoms with Gasteiger partial charge < -0.3 is 4.74 Å². The van der Waals surface area contributed by atoms with E-state index in [0.29, 0.717) is 29.9 Å². The molecule has 1 aliphatic carbocycles. The van der Waals surface area contributed by atoms with Gasteiger partial charge in [0, 0.05) is 11.1 Å². The van der Waals surface area contributed by atoms with E-state index in [2.05, 4.69) is 12.2 Å². The van der Waals surface area contributed by atoms with Gasteiger partial charge in [0.05, 0.1) is 12.2 Å². The van der Waals surface area contributed by atoms with Gasteiger partial charge >= 0.3 is 0 Å². The van der Waals surface area contributed by atoms with Crippen LogP contribution < -0.4 is 5.32 Å². The number of carbonyl (C=O) groups excluding carboxylic acids is 2. The van der Waals surface area contributed by atoms with E-state index in [1.807, 2.05) is 24.3 Å². The molecule has 2 amide bonds. The minimum Gasteiger partial charge on any atom is -0.493 e. The van der Waals surface area contributed by atoms with Crippen LogP contribution in [0.25, 0.3) is 5.76 Å². The van der Waals surface area contributed by atoms with Gasteiger partial charge in [-0.3, -0.25) is 14.9 Å². The molecule has 1 aromatic carbocycles. The van der Waals surface area contributed by atoms with E-state index in [-0.39, 0.29) is 11.8 Å². The van der Waals surface area contributed by atoms with E-state index < -0.39 is 0 Å². The molecule has 1 N–H and O–H groups in total. The summed E-state index contributed by atoms with van der Waals surface area (Å²) in [5, 5.41) is 2.38. The molecule has 1 aliphatic heterocycles. The molecule has 0 bridgehead atoms. The highest BCUT2D eigenvalue weighted by atomic mass is 16.5. The Hall–Kier alpha value is -2.36. The lowest BCUT2D eigenvalue weighted by Gasteiger charge is -2.17. The summed E-state index contributed by atoms with van der Waals surface area (Å²) in [4.78, 5) is 23.9. The zero-order valence-corrected chi connectivity index (χ0v) is 12.6. The summed E-state index contributed by atoms with van der Waals surface area (Å²) >= 11 is 0. The molecule has 0 saturated carbocycles. The predicted molar refractivity (Wildman–Crippen MR) is 83.8 cm³/mol. The van der Waals surface area contributed by atoms with Crippen molar-refractivity contribution in [1.82, 2.24) is 5.32 Å². The Morgan fingerprint density at radius 3 is 2.77 bits per heavy atom. The van der Waals surface area contributed by atoms with Crippen molar-refractivity contribution in [3.8, 4) is 0 Å². The minimum atomic E-state index is -0.323. The number of amides is 2. The number of fused-ring (bicyclic) bond motifs is 1. The molecule has 0 saturated heterocycles. The molecule has 0 atom stereocenters. The fraction of sp³-hybridized carbons (Fsp3) is 0.333. The Balaban J connectivity index is 2.04. The molecule has 114 valence electrons. The van der Waals surface area contributed by atoms with Crippen LogP contribution in [0.15, 0.2) is 41.5 Å². The summed E-state index contributed by atoms with van der Waals surface area (Å²) in [6, 6.07) is 8.01. The SMILES string of the molecule is CCCCO/C1=C/C2=C(CCc3ccccc31)C(=O)NC2=O. The van der Waals surface area contributed by atoms with E-state index in [0.717, 1.165) is 30.4 Å². The second kappa shape index (κ2) is 6.18. The second-order valence-electron chi connectivity index (χ2n) is 5.54. The van der Waals surface area contributed by atoms with Gasteiger partial charge in [-0.15, -0.1) is 0 Å². The van der Waals surface area contributed by atoms with E-state index in [1.54, 1.807) is 6.08 Å². The fourth-order valence-corrected chi connectivity index (χ4v) is 2.80. The van der Waals surface area contributed by atoms with Crippen molar-refractivity contribution in [1.29, 1.82) is 0 Å². The first kappa shape index (κ1) is 14.6. The van der Waals surface area contributed by atoms with Crippen LogP contribution in [-0.2, 0) is 20.7 Å². The first-order chi connectivity index (χ1) is 10.7. The number of ether oxygens (including phenoxy) is 1. The molecule has 0 spiro atoms. The van der Waals surface area contributed by atoms with Gasteiger partial charge in [-0.05, 0) is 30.9 Å². The number of carbonyl (C=O) groups is 2. The molecule has 1 heterocycles. The third-order valence-electron chi connectivity index (χ3n) is 4.03. The lowest BCUT2D eigenvalue weighted by molar-refractivity contribution is -0.124. The third kappa shape index (κ3) is 2.69. The van der Waals surface area contributed by atoms with Crippen LogP contribution in [0.2, 0.25) is 0 Å². The fourth-order valence-electron chi connectivity index (χ4n) is 2.80. The summed E-state index contributed by atoms with van der Waals surface area (Å²) in [7, 11) is 0. The van der Waals surface area contributed by atoms with Crippen molar-refractivity contribution in [2.45, 2.75) is 32.6 Å². The van der Waals surface area contributed by atoms with Crippen molar-refractivity contribution in [3.63, 3.8) is 0 Å². The predicted octanol–water partition coefficient (Wildman–Crippen LogP) is 2.74. The van der Waals surface area contributed by atoms with Crippen LogP contribution in [0.5, 0.6) is 0 Å². The van der Waals surface area contributed by atoms with Gasteiger partial charge in [-0.25, -0.2) is 0 Å². The second-order valence-corrected chi connectivity index (χ2v) is 5.54. The number of imide groups is 1. The Morgan fingerprint density at radius 1 is 1.14 bits per heavy atom. The first-order valence-corrected chi connectivity index (χ1v) is 7.72. The van der Waals surface area contributed by atoms with Crippen molar-refractivity contribution in [3.05, 3.63) is 52.6 Å². The monoisotopic (exact) mass is 297 g/mol. The van der Waals surface area contributed by atoms with Crippen LogP contribution >= 0.6 is 0 Å². The number of benzene rings is 1. The quantitative estimate of drug-likeness (QED) is 0.687. The lowest BCUT2D eigenvalue weighted by Crippen LogP contribution is -2.23. The van der Waals surface area contributed by atoms with Gasteiger partial charge in [-0.2, -0.15) is 0 Å². The van der Waals surface area contributed by atoms with Gasteiger partial charge in [0.1, 0.15) is 5.76 Å². The van der Waals surface area contributed by atoms with Crippen molar-refractivity contribution in [2.24, 2.45) is 0 Å². The Morgan fingerprint density at radius 2 is 1.95 bits per heavy atom. The van der Waals surface area contributed by atoms with Crippen LogP contribution in [0.4, 0.5) is 0 Å². The Labute approximate surface area is 129 Å². The van der Waals surface area contributed by atoms with Crippen molar-refractivity contribution in [2.75, 3.05) is 6.61 Å². The Bertz CT molecular complexity index is 685. The normalized spacial score (nSPS) is 19.6.